The maximum absolute atomic E-state index is 13.4. The molecule has 1 saturated heterocycles. The van der Waals surface area contributed by atoms with Gasteiger partial charge in [0.25, 0.3) is 0 Å². The van der Waals surface area contributed by atoms with E-state index in [1.165, 1.54) is 6.92 Å². The molecule has 3 rings (SSSR count). The normalized spacial score (nSPS) is 22.5. The van der Waals surface area contributed by atoms with Crippen LogP contribution in [0.25, 0.3) is 11.4 Å². The van der Waals surface area contributed by atoms with Gasteiger partial charge in [-0.1, -0.05) is 45.1 Å². The minimum absolute atomic E-state index is 0.0441. The maximum atomic E-state index is 13.4. The third-order valence-electron chi connectivity index (χ3n) is 10.8. The van der Waals surface area contributed by atoms with Gasteiger partial charge in [-0.05, 0) is 89.2 Å². The van der Waals surface area contributed by atoms with Crippen LogP contribution in [0.15, 0.2) is 43.2 Å². The van der Waals surface area contributed by atoms with Crippen molar-refractivity contribution < 1.29 is 29.0 Å². The summed E-state index contributed by atoms with van der Waals surface area (Å²) >= 11 is 0. The first kappa shape index (κ1) is 40.9. The van der Waals surface area contributed by atoms with Crippen LogP contribution in [0.1, 0.15) is 80.6 Å². The van der Waals surface area contributed by atoms with E-state index in [1.54, 1.807) is 31.0 Å². The zero-order chi connectivity index (χ0) is 37.2. The Bertz CT molecular complexity index is 1430. The van der Waals surface area contributed by atoms with Crippen molar-refractivity contribution in [2.45, 2.75) is 116 Å². The first-order valence-electron chi connectivity index (χ1n) is 17.9. The first-order valence-corrected chi connectivity index (χ1v) is 17.9. The number of amides is 1. The van der Waals surface area contributed by atoms with Crippen LogP contribution >= 0.6 is 0 Å². The lowest BCUT2D eigenvalue weighted by Crippen LogP contribution is -2.58. The van der Waals surface area contributed by atoms with Gasteiger partial charge in [0.1, 0.15) is 23.0 Å². The monoisotopic (exact) mass is 692 g/mol. The molecule has 13 heteroatoms. The van der Waals surface area contributed by atoms with Gasteiger partial charge in [0.2, 0.25) is 0 Å². The third-order valence-corrected chi connectivity index (χ3v) is 10.8. The van der Waals surface area contributed by atoms with Crippen molar-refractivity contribution in [2.75, 3.05) is 20.2 Å². The highest BCUT2D eigenvalue weighted by molar-refractivity contribution is 6.15. The smallest absolute Gasteiger partial charge is 0.410 e. The van der Waals surface area contributed by atoms with E-state index in [9.17, 15) is 19.5 Å². The lowest BCUT2D eigenvalue weighted by Gasteiger charge is -2.43. The minimum atomic E-state index is -1.18. The first-order chi connectivity index (χ1) is 23.6. The van der Waals surface area contributed by atoms with Crippen molar-refractivity contribution in [3.8, 4) is 11.4 Å². The van der Waals surface area contributed by atoms with E-state index in [0.717, 1.165) is 30.7 Å². The quantitative estimate of drug-likeness (QED) is 0.0692. The molecule has 274 valence electrons. The molecule has 1 aliphatic heterocycles. The molecule has 0 aliphatic carbocycles. The van der Waals surface area contributed by atoms with Gasteiger partial charge in [-0.3, -0.25) is 24.2 Å². The zero-order valence-electron chi connectivity index (χ0n) is 31.2. The Balaban J connectivity index is 1.68. The van der Waals surface area contributed by atoms with Gasteiger partial charge in [-0.2, -0.15) is 0 Å². The number of cyclic esters (lactones) is 1. The molecule has 2 radical (unpaired) electrons. The Kier molecular flexibility index (Phi) is 14.8. The van der Waals surface area contributed by atoms with Gasteiger partial charge in [0.15, 0.2) is 0 Å². The lowest BCUT2D eigenvalue weighted by molar-refractivity contribution is -0.147. The molecular weight excluding hydrogens is 635 g/mol. The molecule has 0 bridgehead atoms. The maximum Gasteiger partial charge on any atom is 0.410 e. The summed E-state index contributed by atoms with van der Waals surface area (Å²) in [4.78, 5) is 44.1. The fourth-order valence-electron chi connectivity index (χ4n) is 7.33. The van der Waals surface area contributed by atoms with Crippen LogP contribution in [0.4, 0.5) is 4.79 Å². The van der Waals surface area contributed by atoms with Gasteiger partial charge >= 0.3 is 12.1 Å². The molecule has 1 amide bonds. The van der Waals surface area contributed by atoms with Crippen LogP contribution in [0, 0.1) is 23.7 Å². The van der Waals surface area contributed by atoms with Crippen molar-refractivity contribution >= 4 is 25.7 Å². The molecule has 2 N–H and O–H groups in total. The van der Waals surface area contributed by atoms with Crippen LogP contribution in [-0.2, 0) is 25.6 Å². The Hall–Kier alpha value is -3.58. The van der Waals surface area contributed by atoms with E-state index < -0.39 is 40.6 Å². The van der Waals surface area contributed by atoms with Gasteiger partial charge in [-0.15, -0.1) is 11.7 Å². The van der Waals surface area contributed by atoms with Crippen LogP contribution in [0.2, 0.25) is 5.82 Å². The summed E-state index contributed by atoms with van der Waals surface area (Å²) in [6, 6.07) is 5.35. The number of carboxylic acids is 1. The van der Waals surface area contributed by atoms with Crippen LogP contribution in [0.3, 0.4) is 0 Å². The molecule has 1 aliphatic rings. The molecule has 2 aromatic heterocycles. The summed E-state index contributed by atoms with van der Waals surface area (Å²) < 4.78 is 14.0. The number of hydrogen-bond acceptors (Lipinski definition) is 9. The standard InChI is InChI=1S/C37H57BN6O6/c1-10-17-37(49-9,32(38)26(5)31(45)27(6)34(46)47)21-24(3)22-40-28(7)33-36(8,25(4)11-2)50-35(48)44(33)20-15-14-19-43-23-30(41-42-43)29-16-12-13-18-39-29/h10,12-13,16,18,23-28,32-33,40H,1,11,14-15,17,19-22H2,2-9H3,(H,46,47)/t24-,25-,26+,27-,28-,32-,33-,36-,37-/m1/s1. The van der Waals surface area contributed by atoms with Crippen molar-refractivity contribution in [1.29, 1.82) is 0 Å². The number of unbranched alkanes of at least 4 members (excludes halogenated alkanes) is 1. The molecule has 0 aromatic carbocycles. The predicted molar refractivity (Wildman–Crippen MR) is 194 cm³/mol. The second-order valence-electron chi connectivity index (χ2n) is 14.3. The Morgan fingerprint density at radius 1 is 1.20 bits per heavy atom. The number of carbonyl (C=O) groups is 3. The number of rotatable bonds is 22. The van der Waals surface area contributed by atoms with Crippen LogP contribution in [-0.4, -0.2) is 99.2 Å². The fourth-order valence-corrected chi connectivity index (χ4v) is 7.33. The van der Waals surface area contributed by atoms with Crippen LogP contribution < -0.4 is 5.32 Å². The fraction of sp³-hybridized carbons (Fsp3) is 0.676. The molecular formula is C37H57BN6O6. The SMILES string of the molecule is [B][C@H]([C@@H](C)C(=O)[C@@H](C)C(=O)O)[C@@](CC=C)(C[C@@H](C)CN[C@H](C)[C@H]1N(CCCCn2cc(-c3ccccn3)nn2)C(=O)O[C@]1(C)[C@H](C)CC)OC. The number of ketones is 1. The van der Waals surface area contributed by atoms with Crippen molar-refractivity contribution in [3.05, 3.63) is 43.2 Å². The van der Waals surface area contributed by atoms with E-state index in [1.807, 2.05) is 36.2 Å². The summed E-state index contributed by atoms with van der Waals surface area (Å²) in [5.41, 5.74) is -0.125. The molecule has 3 heterocycles. The zero-order valence-corrected chi connectivity index (χ0v) is 31.2. The number of nitrogens with zero attached hydrogens (tertiary/aromatic N) is 5. The predicted octanol–water partition coefficient (Wildman–Crippen LogP) is 5.59. The van der Waals surface area contributed by atoms with Crippen LogP contribution in [0.5, 0.6) is 0 Å². The second-order valence-corrected chi connectivity index (χ2v) is 14.3. The highest BCUT2D eigenvalue weighted by Gasteiger charge is 2.55. The van der Waals surface area contributed by atoms with Gasteiger partial charge in [0.05, 0.1) is 31.4 Å². The lowest BCUT2D eigenvalue weighted by atomic mass is 9.60. The molecule has 1 fully saturated rings. The number of methoxy groups -OCH3 is 1. The van der Waals surface area contributed by atoms with Crippen molar-refractivity contribution in [3.63, 3.8) is 0 Å². The van der Waals surface area contributed by atoms with E-state index in [0.29, 0.717) is 32.5 Å². The third kappa shape index (κ3) is 9.40. The van der Waals surface area contributed by atoms with E-state index >= 15 is 0 Å². The van der Waals surface area contributed by atoms with Crippen molar-refractivity contribution in [2.24, 2.45) is 23.7 Å². The highest BCUT2D eigenvalue weighted by atomic mass is 16.6. The van der Waals surface area contributed by atoms with Crippen molar-refractivity contribution in [1.82, 2.24) is 30.2 Å². The topological polar surface area (TPSA) is 149 Å². The van der Waals surface area contributed by atoms with E-state index in [-0.39, 0.29) is 30.0 Å². The highest BCUT2D eigenvalue weighted by Crippen LogP contribution is 2.42. The Morgan fingerprint density at radius 3 is 2.50 bits per heavy atom. The number of Topliss-reactive ketones (excluding diaryl/α,β-unsaturated/α-hetero) is 1. The number of aromatic nitrogens is 4. The number of carbonyl (C=O) groups excluding carboxylic acids is 2. The number of carboxylic acid groups (broad SMARTS) is 1. The summed E-state index contributed by atoms with van der Waals surface area (Å²) in [6.07, 6.45) is 8.36. The van der Waals surface area contributed by atoms with Gasteiger partial charge in [0, 0.05) is 38.4 Å². The molecule has 0 saturated carbocycles. The molecule has 12 nitrogen and oxygen atoms in total. The minimum Gasteiger partial charge on any atom is -0.481 e. The summed E-state index contributed by atoms with van der Waals surface area (Å²) in [6.45, 7) is 19.2. The molecule has 9 atom stereocenters. The molecule has 2 aromatic rings. The number of nitrogens with one attached hydrogen (secondary N) is 1. The number of ether oxygens (including phenoxy) is 2. The number of aryl methyl sites for hydroxylation is 1. The average Bonchev–Trinajstić information content (AvgIpc) is 3.69. The average molecular weight is 693 g/mol. The molecule has 50 heavy (non-hydrogen) atoms. The number of aliphatic carboxylic acids is 1. The number of pyridine rings is 1. The number of hydrogen-bond donors (Lipinski definition) is 2. The van der Waals surface area contributed by atoms with E-state index in [4.69, 9.17) is 17.3 Å². The summed E-state index contributed by atoms with van der Waals surface area (Å²) in [5, 5.41) is 21.6. The summed E-state index contributed by atoms with van der Waals surface area (Å²) in [7, 11) is 8.27. The Labute approximate surface area is 299 Å². The van der Waals surface area contributed by atoms with E-state index in [2.05, 4.69) is 54.9 Å². The Morgan fingerprint density at radius 2 is 1.90 bits per heavy atom. The summed E-state index contributed by atoms with van der Waals surface area (Å²) in [5.74, 6) is -4.08. The second kappa shape index (κ2) is 18.1. The largest absolute Gasteiger partial charge is 0.481 e. The van der Waals surface area contributed by atoms with Gasteiger partial charge in [-0.25, -0.2) is 4.79 Å². The van der Waals surface area contributed by atoms with Gasteiger partial charge < -0.3 is 19.9 Å². The molecule has 0 unspecified atom stereocenters. The molecule has 0 spiro atoms.